The third kappa shape index (κ3) is 5.92. The Balaban J connectivity index is 1.48. The third-order valence-electron chi connectivity index (χ3n) is 9.88. The average molecular weight is 572 g/mol. The maximum Gasteiger partial charge on any atom is 0.242 e. The molecule has 2 fully saturated rings. The van der Waals surface area contributed by atoms with Crippen molar-refractivity contribution in [1.29, 1.82) is 0 Å². The van der Waals surface area contributed by atoms with Crippen LogP contribution >= 0.6 is 0 Å². The van der Waals surface area contributed by atoms with Gasteiger partial charge in [-0.3, -0.25) is 14.5 Å². The molecule has 7 heteroatoms. The van der Waals surface area contributed by atoms with Crippen LogP contribution in [0.25, 0.3) is 10.9 Å². The SMILES string of the molecule is CCc1ccc(CN(C)C(=O)C(N2CCC(N3CCCCC3)CC2)C(N)(C(C)=O)c2c[nH]c3ccccc23)cc1CC. The molecule has 7 nitrogen and oxygen atoms in total. The Morgan fingerprint density at radius 2 is 1.69 bits per heavy atom. The zero-order valence-corrected chi connectivity index (χ0v) is 26.0. The Morgan fingerprint density at radius 3 is 2.36 bits per heavy atom. The minimum absolute atomic E-state index is 0.105. The number of hydrogen-bond donors (Lipinski definition) is 2. The molecule has 0 saturated carbocycles. The fourth-order valence-corrected chi connectivity index (χ4v) is 7.39. The number of amides is 1. The lowest BCUT2D eigenvalue weighted by Gasteiger charge is -2.47. The number of para-hydroxylation sites is 1. The number of fused-ring (bicyclic) bond motifs is 1. The van der Waals surface area contributed by atoms with Crippen molar-refractivity contribution in [2.75, 3.05) is 33.2 Å². The van der Waals surface area contributed by atoms with E-state index in [-0.39, 0.29) is 11.7 Å². The molecule has 0 aliphatic carbocycles. The van der Waals surface area contributed by atoms with Crippen LogP contribution in [0.15, 0.2) is 48.7 Å². The van der Waals surface area contributed by atoms with E-state index in [0.29, 0.717) is 18.2 Å². The zero-order valence-electron chi connectivity index (χ0n) is 26.0. The molecule has 3 heterocycles. The lowest BCUT2D eigenvalue weighted by Crippen LogP contribution is -2.67. The van der Waals surface area contributed by atoms with Crippen LogP contribution in [-0.4, -0.2) is 76.7 Å². The van der Waals surface area contributed by atoms with Gasteiger partial charge in [0.05, 0.1) is 0 Å². The van der Waals surface area contributed by atoms with E-state index in [9.17, 15) is 9.59 Å². The third-order valence-corrected chi connectivity index (χ3v) is 9.88. The number of rotatable bonds is 10. The van der Waals surface area contributed by atoms with Crippen molar-refractivity contribution in [3.8, 4) is 0 Å². The first-order valence-electron chi connectivity index (χ1n) is 16.0. The summed E-state index contributed by atoms with van der Waals surface area (Å²) < 4.78 is 0. The van der Waals surface area contributed by atoms with Gasteiger partial charge in [-0.15, -0.1) is 0 Å². The second kappa shape index (κ2) is 13.1. The van der Waals surface area contributed by atoms with Crippen molar-refractivity contribution in [3.05, 3.63) is 70.9 Å². The van der Waals surface area contributed by atoms with Crippen molar-refractivity contribution in [3.63, 3.8) is 0 Å². The summed E-state index contributed by atoms with van der Waals surface area (Å²) in [6.07, 6.45) is 9.60. The summed E-state index contributed by atoms with van der Waals surface area (Å²) >= 11 is 0. The molecular formula is C35H49N5O2. The van der Waals surface area contributed by atoms with E-state index in [2.05, 4.69) is 46.8 Å². The highest BCUT2D eigenvalue weighted by molar-refractivity contribution is 6.00. The van der Waals surface area contributed by atoms with Crippen molar-refractivity contribution in [2.45, 2.75) is 89.9 Å². The minimum Gasteiger partial charge on any atom is -0.361 e. The number of nitrogens with two attached hydrogens (primary N) is 1. The number of nitrogens with one attached hydrogen (secondary N) is 1. The number of carbonyl (C=O) groups is 2. The minimum atomic E-state index is -1.50. The molecular weight excluding hydrogens is 522 g/mol. The Morgan fingerprint density at radius 1 is 1.00 bits per heavy atom. The van der Waals surface area contributed by atoms with Crippen LogP contribution in [0.5, 0.6) is 0 Å². The molecule has 42 heavy (non-hydrogen) atoms. The molecule has 2 aromatic carbocycles. The van der Waals surface area contributed by atoms with E-state index in [4.69, 9.17) is 5.73 Å². The predicted molar refractivity (Wildman–Crippen MR) is 170 cm³/mol. The van der Waals surface area contributed by atoms with Crippen molar-refractivity contribution in [2.24, 2.45) is 5.73 Å². The molecule has 3 aromatic rings. The molecule has 2 unspecified atom stereocenters. The molecule has 1 aromatic heterocycles. The second-order valence-electron chi connectivity index (χ2n) is 12.4. The Hall–Kier alpha value is -3.00. The first-order valence-corrected chi connectivity index (χ1v) is 16.0. The Labute approximate surface area is 251 Å². The number of aromatic nitrogens is 1. The van der Waals surface area contributed by atoms with E-state index in [0.717, 1.165) is 68.3 Å². The fourth-order valence-electron chi connectivity index (χ4n) is 7.39. The fraction of sp³-hybridized carbons (Fsp3) is 0.543. The number of nitrogens with zero attached hydrogens (tertiary/aromatic N) is 3. The number of benzene rings is 2. The van der Waals surface area contributed by atoms with Gasteiger partial charge in [0.25, 0.3) is 0 Å². The number of aromatic amines is 1. The van der Waals surface area contributed by atoms with Crippen LogP contribution in [-0.2, 0) is 34.5 Å². The number of likely N-dealkylation sites (tertiary alicyclic amines) is 2. The van der Waals surface area contributed by atoms with Crippen LogP contribution in [0.3, 0.4) is 0 Å². The summed E-state index contributed by atoms with van der Waals surface area (Å²) in [4.78, 5) is 38.2. The van der Waals surface area contributed by atoms with Crippen molar-refractivity contribution in [1.82, 2.24) is 19.7 Å². The molecule has 0 bridgehead atoms. The summed E-state index contributed by atoms with van der Waals surface area (Å²) in [5.41, 5.74) is 11.1. The number of likely N-dealkylation sites (N-methyl/N-ethyl adjacent to an activating group) is 1. The molecule has 2 saturated heterocycles. The highest BCUT2D eigenvalue weighted by Crippen LogP contribution is 2.36. The Kier molecular flexibility index (Phi) is 9.50. The molecule has 2 atom stereocenters. The van der Waals surface area contributed by atoms with Crippen LogP contribution in [0.1, 0.15) is 75.1 Å². The van der Waals surface area contributed by atoms with E-state index in [1.807, 2.05) is 37.5 Å². The Bertz CT molecular complexity index is 1390. The second-order valence-corrected chi connectivity index (χ2v) is 12.4. The number of aryl methyl sites for hydroxylation is 2. The van der Waals surface area contributed by atoms with Gasteiger partial charge in [0.15, 0.2) is 5.78 Å². The van der Waals surface area contributed by atoms with Crippen LogP contribution in [0, 0.1) is 0 Å². The van der Waals surface area contributed by atoms with E-state index < -0.39 is 11.6 Å². The maximum atomic E-state index is 14.6. The van der Waals surface area contributed by atoms with Gasteiger partial charge < -0.3 is 20.5 Å². The lowest BCUT2D eigenvalue weighted by atomic mass is 9.77. The molecule has 1 amide bonds. The average Bonchev–Trinajstić information content (AvgIpc) is 3.46. The highest BCUT2D eigenvalue weighted by atomic mass is 16.2. The molecule has 226 valence electrons. The van der Waals surface area contributed by atoms with Crippen molar-refractivity contribution >= 4 is 22.6 Å². The largest absolute Gasteiger partial charge is 0.361 e. The molecule has 2 aliphatic rings. The molecule has 0 spiro atoms. The first-order chi connectivity index (χ1) is 20.3. The van der Waals surface area contributed by atoms with Crippen LogP contribution in [0.2, 0.25) is 0 Å². The summed E-state index contributed by atoms with van der Waals surface area (Å²) in [6.45, 7) is 10.2. The molecule has 0 radical (unpaired) electrons. The zero-order chi connectivity index (χ0) is 29.9. The van der Waals surface area contributed by atoms with Crippen molar-refractivity contribution < 1.29 is 9.59 Å². The monoisotopic (exact) mass is 571 g/mol. The molecule has 5 rings (SSSR count). The summed E-state index contributed by atoms with van der Waals surface area (Å²) in [7, 11) is 1.85. The summed E-state index contributed by atoms with van der Waals surface area (Å²) in [5, 5.41) is 0.890. The first kappa shape index (κ1) is 30.5. The van der Waals surface area contributed by atoms with Gasteiger partial charge in [-0.05, 0) is 81.3 Å². The normalized spacial score (nSPS) is 19.5. The smallest absolute Gasteiger partial charge is 0.242 e. The van der Waals surface area contributed by atoms with Crippen LogP contribution in [0.4, 0.5) is 0 Å². The van der Waals surface area contributed by atoms with Gasteiger partial charge in [-0.2, -0.15) is 0 Å². The number of Topliss-reactive ketones (excluding diaryl/α,β-unsaturated/α-hetero) is 1. The van der Waals surface area contributed by atoms with Gasteiger partial charge in [0.1, 0.15) is 11.6 Å². The van der Waals surface area contributed by atoms with Gasteiger partial charge in [-0.1, -0.05) is 56.7 Å². The van der Waals surface area contributed by atoms with Gasteiger partial charge in [-0.25, -0.2) is 0 Å². The standard InChI is InChI=1S/C35H49N5O2/c1-5-27-15-14-26(22-28(27)6-2)24-38(4)34(42)33(40-20-16-29(17-21-40)39-18-10-7-11-19-39)35(36,25(3)41)31-23-37-32-13-9-8-12-30(31)32/h8-9,12-15,22-23,29,33,37H,5-7,10-11,16-21,24,36H2,1-4H3. The number of H-pyrrole nitrogens is 1. The molecule has 3 N–H and O–H groups in total. The predicted octanol–water partition coefficient (Wildman–Crippen LogP) is 5.01. The number of hydrogen-bond acceptors (Lipinski definition) is 5. The highest BCUT2D eigenvalue weighted by Gasteiger charge is 2.51. The van der Waals surface area contributed by atoms with Gasteiger partial charge >= 0.3 is 0 Å². The number of ketones is 1. The summed E-state index contributed by atoms with van der Waals surface area (Å²) in [6, 6.07) is 14.1. The van der Waals surface area contributed by atoms with E-state index in [1.165, 1.54) is 30.4 Å². The lowest BCUT2D eigenvalue weighted by molar-refractivity contribution is -0.145. The molecule has 2 aliphatic heterocycles. The van der Waals surface area contributed by atoms with Crippen LogP contribution < -0.4 is 5.73 Å². The number of carbonyl (C=O) groups excluding carboxylic acids is 2. The van der Waals surface area contributed by atoms with Gasteiger partial charge in [0.2, 0.25) is 5.91 Å². The van der Waals surface area contributed by atoms with E-state index in [1.54, 1.807) is 11.8 Å². The maximum absolute atomic E-state index is 14.6. The van der Waals surface area contributed by atoms with Gasteiger partial charge in [0, 0.05) is 55.4 Å². The summed E-state index contributed by atoms with van der Waals surface area (Å²) in [5.74, 6) is -0.301. The van der Waals surface area contributed by atoms with E-state index >= 15 is 0 Å². The quantitative estimate of drug-likeness (QED) is 0.357. The number of piperidine rings is 2. The topological polar surface area (TPSA) is 85.7 Å².